The Hall–Kier alpha value is -1.39. The molecule has 0 bridgehead atoms. The molecule has 0 aliphatic carbocycles. The highest BCUT2D eigenvalue weighted by Crippen LogP contribution is 2.23. The Labute approximate surface area is 117 Å². The van der Waals surface area contributed by atoms with Gasteiger partial charge in [0.05, 0.1) is 0 Å². The van der Waals surface area contributed by atoms with Crippen LogP contribution in [0.3, 0.4) is 0 Å². The van der Waals surface area contributed by atoms with E-state index in [1.54, 1.807) is 0 Å². The SMILES string of the molecule is Clc1ccc(Cc2noc(C3CCNCC3)n2)cc1. The minimum atomic E-state index is 0.410. The van der Waals surface area contributed by atoms with Crippen LogP contribution < -0.4 is 5.32 Å². The van der Waals surface area contributed by atoms with Crippen molar-refractivity contribution < 1.29 is 4.52 Å². The minimum absolute atomic E-state index is 0.410. The minimum Gasteiger partial charge on any atom is -0.339 e. The van der Waals surface area contributed by atoms with Gasteiger partial charge >= 0.3 is 0 Å². The van der Waals surface area contributed by atoms with Crippen molar-refractivity contribution in [3.63, 3.8) is 0 Å². The molecule has 1 aliphatic rings. The van der Waals surface area contributed by atoms with Gasteiger partial charge in [-0.05, 0) is 43.6 Å². The fraction of sp³-hybridized carbons (Fsp3) is 0.429. The fourth-order valence-corrected chi connectivity index (χ4v) is 2.48. The summed E-state index contributed by atoms with van der Waals surface area (Å²) in [5.41, 5.74) is 1.14. The summed E-state index contributed by atoms with van der Waals surface area (Å²) in [6, 6.07) is 7.74. The Bertz CT molecular complexity index is 532. The second-order valence-electron chi connectivity index (χ2n) is 4.88. The van der Waals surface area contributed by atoms with Gasteiger partial charge in [-0.1, -0.05) is 28.9 Å². The van der Waals surface area contributed by atoms with Gasteiger partial charge in [0, 0.05) is 17.4 Å². The van der Waals surface area contributed by atoms with E-state index in [9.17, 15) is 0 Å². The van der Waals surface area contributed by atoms with Gasteiger partial charge in [0.2, 0.25) is 5.89 Å². The van der Waals surface area contributed by atoms with E-state index in [0.29, 0.717) is 12.3 Å². The van der Waals surface area contributed by atoms with Gasteiger partial charge < -0.3 is 9.84 Å². The monoisotopic (exact) mass is 277 g/mol. The average molecular weight is 278 g/mol. The Balaban J connectivity index is 1.68. The number of nitrogens with one attached hydrogen (secondary N) is 1. The second kappa shape index (κ2) is 5.72. The zero-order valence-corrected chi connectivity index (χ0v) is 11.4. The van der Waals surface area contributed by atoms with Gasteiger partial charge in [-0.25, -0.2) is 0 Å². The number of hydrogen-bond acceptors (Lipinski definition) is 4. The van der Waals surface area contributed by atoms with Crippen LogP contribution in [0.4, 0.5) is 0 Å². The Morgan fingerprint density at radius 2 is 1.95 bits per heavy atom. The maximum atomic E-state index is 5.86. The number of aromatic nitrogens is 2. The molecule has 5 heteroatoms. The molecule has 19 heavy (non-hydrogen) atoms. The molecule has 1 N–H and O–H groups in total. The second-order valence-corrected chi connectivity index (χ2v) is 5.31. The summed E-state index contributed by atoms with van der Waals surface area (Å²) in [6.45, 7) is 2.05. The standard InChI is InChI=1S/C14H16ClN3O/c15-12-3-1-10(2-4-12)9-13-17-14(19-18-13)11-5-7-16-8-6-11/h1-4,11,16H,5-9H2. The Kier molecular flexibility index (Phi) is 3.80. The molecule has 0 unspecified atom stereocenters. The molecule has 1 saturated heterocycles. The van der Waals surface area contributed by atoms with Crippen LogP contribution in [0.15, 0.2) is 28.8 Å². The molecule has 100 valence electrons. The lowest BCUT2D eigenvalue weighted by atomic mass is 9.98. The van der Waals surface area contributed by atoms with Crippen LogP contribution in [0.1, 0.15) is 36.0 Å². The third-order valence-corrected chi connectivity index (χ3v) is 3.70. The molecule has 0 spiro atoms. The van der Waals surface area contributed by atoms with Gasteiger partial charge in [0.15, 0.2) is 5.82 Å². The molecule has 0 saturated carbocycles. The highest BCUT2D eigenvalue weighted by molar-refractivity contribution is 6.30. The number of halogens is 1. The average Bonchev–Trinajstić information content (AvgIpc) is 2.91. The van der Waals surface area contributed by atoms with Crippen molar-refractivity contribution in [2.45, 2.75) is 25.2 Å². The van der Waals surface area contributed by atoms with Crippen molar-refractivity contribution in [3.05, 3.63) is 46.6 Å². The molecule has 2 aromatic rings. The number of nitrogens with zero attached hydrogens (tertiary/aromatic N) is 2. The van der Waals surface area contributed by atoms with Crippen LogP contribution in [0.25, 0.3) is 0 Å². The van der Waals surface area contributed by atoms with Crippen LogP contribution in [-0.4, -0.2) is 23.2 Å². The molecule has 0 amide bonds. The maximum absolute atomic E-state index is 5.86. The molecule has 1 aliphatic heterocycles. The van der Waals surface area contributed by atoms with E-state index in [1.165, 1.54) is 0 Å². The molecule has 1 aromatic carbocycles. The van der Waals surface area contributed by atoms with Gasteiger partial charge in [-0.15, -0.1) is 0 Å². The Morgan fingerprint density at radius 1 is 1.21 bits per heavy atom. The number of hydrogen-bond donors (Lipinski definition) is 1. The summed E-state index contributed by atoms with van der Waals surface area (Å²) in [5.74, 6) is 1.94. The topological polar surface area (TPSA) is 51.0 Å². The lowest BCUT2D eigenvalue weighted by Gasteiger charge is -2.18. The highest BCUT2D eigenvalue weighted by atomic mass is 35.5. The lowest BCUT2D eigenvalue weighted by Crippen LogP contribution is -2.26. The molecule has 1 aromatic heterocycles. The number of benzene rings is 1. The predicted octanol–water partition coefficient (Wildman–Crippen LogP) is 2.78. The van der Waals surface area contributed by atoms with Gasteiger partial charge in [0.1, 0.15) is 0 Å². The summed E-state index contributed by atoms with van der Waals surface area (Å²) in [5, 5.41) is 8.15. The van der Waals surface area contributed by atoms with E-state index in [-0.39, 0.29) is 0 Å². The summed E-state index contributed by atoms with van der Waals surface area (Å²) < 4.78 is 5.39. The van der Waals surface area contributed by atoms with E-state index < -0.39 is 0 Å². The summed E-state index contributed by atoms with van der Waals surface area (Å²) >= 11 is 5.86. The first-order chi connectivity index (χ1) is 9.31. The Morgan fingerprint density at radius 3 is 2.68 bits per heavy atom. The van der Waals surface area contributed by atoms with Crippen LogP contribution in [0.5, 0.6) is 0 Å². The number of piperidine rings is 1. The van der Waals surface area contributed by atoms with Gasteiger partial charge in [-0.2, -0.15) is 4.98 Å². The fourth-order valence-electron chi connectivity index (χ4n) is 2.36. The van der Waals surface area contributed by atoms with E-state index in [0.717, 1.165) is 48.2 Å². The number of rotatable bonds is 3. The van der Waals surface area contributed by atoms with E-state index in [4.69, 9.17) is 16.1 Å². The van der Waals surface area contributed by atoms with Gasteiger partial charge in [-0.3, -0.25) is 0 Å². The smallest absolute Gasteiger partial charge is 0.229 e. The summed E-state index contributed by atoms with van der Waals surface area (Å²) in [7, 11) is 0. The van der Waals surface area contributed by atoms with E-state index >= 15 is 0 Å². The van der Waals surface area contributed by atoms with Crippen molar-refractivity contribution in [1.29, 1.82) is 0 Å². The molecule has 4 nitrogen and oxygen atoms in total. The maximum Gasteiger partial charge on any atom is 0.229 e. The van der Waals surface area contributed by atoms with Crippen LogP contribution in [0.2, 0.25) is 5.02 Å². The van der Waals surface area contributed by atoms with Crippen LogP contribution in [0, 0.1) is 0 Å². The quantitative estimate of drug-likeness (QED) is 0.937. The van der Waals surface area contributed by atoms with Crippen LogP contribution >= 0.6 is 11.6 Å². The zero-order chi connectivity index (χ0) is 13.1. The van der Waals surface area contributed by atoms with Crippen molar-refractivity contribution in [3.8, 4) is 0 Å². The molecular formula is C14H16ClN3O. The highest BCUT2D eigenvalue weighted by Gasteiger charge is 2.21. The van der Waals surface area contributed by atoms with Crippen molar-refractivity contribution in [2.24, 2.45) is 0 Å². The van der Waals surface area contributed by atoms with E-state index in [1.807, 2.05) is 24.3 Å². The molecule has 2 heterocycles. The largest absolute Gasteiger partial charge is 0.339 e. The first-order valence-corrected chi connectivity index (χ1v) is 6.97. The van der Waals surface area contributed by atoms with E-state index in [2.05, 4.69) is 15.5 Å². The third-order valence-electron chi connectivity index (χ3n) is 3.45. The van der Waals surface area contributed by atoms with Crippen LogP contribution in [-0.2, 0) is 6.42 Å². The normalized spacial score (nSPS) is 16.7. The first-order valence-electron chi connectivity index (χ1n) is 6.59. The predicted molar refractivity (Wildman–Crippen MR) is 73.4 cm³/mol. The van der Waals surface area contributed by atoms with Gasteiger partial charge in [0.25, 0.3) is 0 Å². The van der Waals surface area contributed by atoms with Crippen molar-refractivity contribution >= 4 is 11.6 Å². The van der Waals surface area contributed by atoms with Crippen molar-refractivity contribution in [2.75, 3.05) is 13.1 Å². The zero-order valence-electron chi connectivity index (χ0n) is 10.6. The molecule has 3 rings (SSSR count). The summed E-state index contributed by atoms with van der Waals surface area (Å²) in [4.78, 5) is 4.51. The third kappa shape index (κ3) is 3.14. The molecular weight excluding hydrogens is 262 g/mol. The lowest BCUT2D eigenvalue weighted by molar-refractivity contribution is 0.318. The molecule has 1 fully saturated rings. The molecule has 0 radical (unpaired) electrons. The van der Waals surface area contributed by atoms with Crippen molar-refractivity contribution in [1.82, 2.24) is 15.5 Å². The molecule has 0 atom stereocenters. The first kappa shape index (κ1) is 12.6. The summed E-state index contributed by atoms with van der Waals surface area (Å²) in [6.07, 6.45) is 2.83.